The Morgan fingerprint density at radius 1 is 1.58 bits per heavy atom. The summed E-state index contributed by atoms with van der Waals surface area (Å²) < 4.78 is 5.06. The van der Waals surface area contributed by atoms with Crippen LogP contribution in [0.15, 0.2) is 0 Å². The van der Waals surface area contributed by atoms with E-state index in [0.29, 0.717) is 6.10 Å². The maximum Gasteiger partial charge on any atom is 0.314 e. The van der Waals surface area contributed by atoms with Crippen molar-refractivity contribution in [2.24, 2.45) is 0 Å². The van der Waals surface area contributed by atoms with E-state index in [2.05, 4.69) is 10.6 Å². The number of unbranched alkanes of at least 4 members (excludes halogenated alkanes) is 1. The lowest BCUT2D eigenvalue weighted by molar-refractivity contribution is 0.242. The Morgan fingerprint density at radius 2 is 2.33 bits per heavy atom. The van der Waals surface area contributed by atoms with E-state index in [1.807, 2.05) is 0 Å². The normalized spacial score (nSPS) is 20.2. The molecule has 1 atom stereocenters. The molecule has 1 aliphatic rings. The second kappa shape index (κ2) is 4.98. The lowest BCUT2D eigenvalue weighted by atomic mass is 10.2. The number of nitrogens with one attached hydrogen (secondary N) is 2. The summed E-state index contributed by atoms with van der Waals surface area (Å²) in [7, 11) is 1.62. The van der Waals surface area contributed by atoms with E-state index in [4.69, 9.17) is 4.74 Å². The van der Waals surface area contributed by atoms with Crippen LogP contribution < -0.4 is 10.6 Å². The van der Waals surface area contributed by atoms with Crippen molar-refractivity contribution >= 4 is 6.03 Å². The molecule has 1 aliphatic heterocycles. The summed E-state index contributed by atoms with van der Waals surface area (Å²) in [5, 5.41) is 5.24. The summed E-state index contributed by atoms with van der Waals surface area (Å²) in [6.07, 6.45) is 3.82. The van der Waals surface area contributed by atoms with Gasteiger partial charge in [-0.1, -0.05) is 0 Å². The topological polar surface area (TPSA) is 53.7 Å². The molecule has 1 unspecified atom stereocenters. The lowest BCUT2D eigenvalue weighted by Crippen LogP contribution is -2.33. The Morgan fingerprint density at radius 3 is 2.92 bits per heavy atom. The SMILES string of the molecule is CNC(=O)NCCCCC1CO1. The standard InChI is InChI=1S/C8H16N2O2/c1-9-8(11)10-5-3-2-4-7-6-12-7/h7H,2-6H2,1H3,(H2,9,10,11). The molecule has 1 fully saturated rings. The summed E-state index contributed by atoms with van der Waals surface area (Å²) >= 11 is 0. The minimum absolute atomic E-state index is 0.0994. The molecule has 0 aromatic rings. The maximum atomic E-state index is 10.7. The molecule has 1 rings (SSSR count). The first kappa shape index (κ1) is 9.32. The van der Waals surface area contributed by atoms with Crippen molar-refractivity contribution in [1.29, 1.82) is 0 Å². The van der Waals surface area contributed by atoms with Gasteiger partial charge in [-0.3, -0.25) is 0 Å². The molecule has 1 heterocycles. The fourth-order valence-corrected chi connectivity index (χ4v) is 1.02. The van der Waals surface area contributed by atoms with Crippen LogP contribution in [0.2, 0.25) is 0 Å². The van der Waals surface area contributed by atoms with Crippen LogP contribution in [0.3, 0.4) is 0 Å². The molecule has 12 heavy (non-hydrogen) atoms. The summed E-state index contributed by atoms with van der Waals surface area (Å²) in [4.78, 5) is 10.7. The van der Waals surface area contributed by atoms with Gasteiger partial charge in [0.25, 0.3) is 0 Å². The zero-order valence-electron chi connectivity index (χ0n) is 7.43. The zero-order chi connectivity index (χ0) is 8.81. The second-order valence-electron chi connectivity index (χ2n) is 2.96. The molecule has 2 amide bonds. The summed E-state index contributed by atoms with van der Waals surface area (Å²) in [5.74, 6) is 0. The minimum Gasteiger partial charge on any atom is -0.373 e. The second-order valence-corrected chi connectivity index (χ2v) is 2.96. The number of carbonyl (C=O) groups excluding carboxylic acids is 1. The molecular formula is C8H16N2O2. The summed E-state index contributed by atoms with van der Waals surface area (Å²) in [6.45, 7) is 1.69. The van der Waals surface area contributed by atoms with Crippen molar-refractivity contribution in [1.82, 2.24) is 10.6 Å². The number of amides is 2. The lowest BCUT2D eigenvalue weighted by Gasteiger charge is -2.02. The Bertz CT molecular complexity index is 146. The fourth-order valence-electron chi connectivity index (χ4n) is 1.02. The van der Waals surface area contributed by atoms with E-state index in [9.17, 15) is 4.79 Å². The average Bonchev–Trinajstić information content (AvgIpc) is 2.87. The monoisotopic (exact) mass is 172 g/mol. The van der Waals surface area contributed by atoms with Crippen molar-refractivity contribution in [3.8, 4) is 0 Å². The molecule has 0 aromatic carbocycles. The third-order valence-corrected chi connectivity index (χ3v) is 1.87. The van der Waals surface area contributed by atoms with Gasteiger partial charge in [-0.25, -0.2) is 4.79 Å². The van der Waals surface area contributed by atoms with Crippen molar-refractivity contribution in [3.63, 3.8) is 0 Å². The molecule has 4 nitrogen and oxygen atoms in total. The first-order valence-corrected chi connectivity index (χ1v) is 4.40. The molecule has 0 radical (unpaired) electrons. The number of carbonyl (C=O) groups is 1. The van der Waals surface area contributed by atoms with E-state index in [-0.39, 0.29) is 6.03 Å². The van der Waals surface area contributed by atoms with Crippen LogP contribution in [0.5, 0.6) is 0 Å². The predicted octanol–water partition coefficient (Wildman–Crippen LogP) is 0.484. The smallest absolute Gasteiger partial charge is 0.314 e. The van der Waals surface area contributed by atoms with E-state index in [1.54, 1.807) is 7.05 Å². The van der Waals surface area contributed by atoms with Crippen LogP contribution in [0.25, 0.3) is 0 Å². The van der Waals surface area contributed by atoms with Gasteiger partial charge in [0.05, 0.1) is 12.7 Å². The van der Waals surface area contributed by atoms with E-state index >= 15 is 0 Å². The molecule has 0 spiro atoms. The van der Waals surface area contributed by atoms with Gasteiger partial charge in [0.15, 0.2) is 0 Å². The molecular weight excluding hydrogens is 156 g/mol. The third-order valence-electron chi connectivity index (χ3n) is 1.87. The van der Waals surface area contributed by atoms with Crippen LogP contribution in [-0.4, -0.2) is 32.3 Å². The summed E-state index contributed by atoms with van der Waals surface area (Å²) in [5.41, 5.74) is 0. The molecule has 0 aliphatic carbocycles. The highest BCUT2D eigenvalue weighted by molar-refractivity contribution is 5.73. The van der Waals surface area contributed by atoms with Crippen LogP contribution in [0.1, 0.15) is 19.3 Å². The van der Waals surface area contributed by atoms with Gasteiger partial charge in [-0.15, -0.1) is 0 Å². The third kappa shape index (κ3) is 4.18. The molecule has 0 saturated carbocycles. The first-order chi connectivity index (χ1) is 5.83. The Kier molecular flexibility index (Phi) is 3.87. The highest BCUT2D eigenvalue weighted by atomic mass is 16.6. The molecule has 2 N–H and O–H groups in total. The predicted molar refractivity (Wildman–Crippen MR) is 46.0 cm³/mol. The number of urea groups is 1. The van der Waals surface area contributed by atoms with Gasteiger partial charge in [0, 0.05) is 13.6 Å². The zero-order valence-corrected chi connectivity index (χ0v) is 7.43. The van der Waals surface area contributed by atoms with Crippen molar-refractivity contribution < 1.29 is 9.53 Å². The Balaban J connectivity index is 1.78. The molecule has 0 aromatic heterocycles. The summed E-state index contributed by atoms with van der Waals surface area (Å²) in [6, 6.07) is -0.0994. The van der Waals surface area contributed by atoms with Crippen molar-refractivity contribution in [2.75, 3.05) is 20.2 Å². The number of hydrogen-bond acceptors (Lipinski definition) is 2. The minimum atomic E-state index is -0.0994. The van der Waals surface area contributed by atoms with Crippen molar-refractivity contribution in [2.45, 2.75) is 25.4 Å². The molecule has 1 saturated heterocycles. The van der Waals surface area contributed by atoms with Crippen molar-refractivity contribution in [3.05, 3.63) is 0 Å². The van der Waals surface area contributed by atoms with E-state index < -0.39 is 0 Å². The molecule has 70 valence electrons. The number of hydrogen-bond donors (Lipinski definition) is 2. The largest absolute Gasteiger partial charge is 0.373 e. The molecule has 4 heteroatoms. The molecule has 0 bridgehead atoms. The van der Waals surface area contributed by atoms with Gasteiger partial charge < -0.3 is 15.4 Å². The van der Waals surface area contributed by atoms with Gasteiger partial charge in [0.2, 0.25) is 0 Å². The van der Waals surface area contributed by atoms with E-state index in [1.165, 1.54) is 0 Å². The van der Waals surface area contributed by atoms with Gasteiger partial charge >= 0.3 is 6.03 Å². The number of epoxide rings is 1. The highest BCUT2D eigenvalue weighted by Gasteiger charge is 2.20. The Hall–Kier alpha value is -0.770. The van der Waals surface area contributed by atoms with Crippen LogP contribution in [-0.2, 0) is 4.74 Å². The van der Waals surface area contributed by atoms with Crippen LogP contribution in [0, 0.1) is 0 Å². The number of rotatable bonds is 5. The van der Waals surface area contributed by atoms with Gasteiger partial charge in [-0.05, 0) is 19.3 Å². The first-order valence-electron chi connectivity index (χ1n) is 4.40. The van der Waals surface area contributed by atoms with Gasteiger partial charge in [-0.2, -0.15) is 0 Å². The van der Waals surface area contributed by atoms with Crippen LogP contribution in [0.4, 0.5) is 4.79 Å². The number of ether oxygens (including phenoxy) is 1. The quantitative estimate of drug-likeness (QED) is 0.468. The fraction of sp³-hybridized carbons (Fsp3) is 0.875. The maximum absolute atomic E-state index is 10.7. The van der Waals surface area contributed by atoms with E-state index in [0.717, 1.165) is 32.4 Å². The highest BCUT2D eigenvalue weighted by Crippen LogP contribution is 2.15. The van der Waals surface area contributed by atoms with Gasteiger partial charge in [0.1, 0.15) is 0 Å². The van der Waals surface area contributed by atoms with Crippen LogP contribution >= 0.6 is 0 Å². The Labute approximate surface area is 72.7 Å². The average molecular weight is 172 g/mol.